The van der Waals surface area contributed by atoms with Gasteiger partial charge in [-0.05, 0) is 16.3 Å². The highest BCUT2D eigenvalue weighted by molar-refractivity contribution is 5.92. The van der Waals surface area contributed by atoms with Crippen molar-refractivity contribution in [2.45, 2.75) is 6.42 Å². The van der Waals surface area contributed by atoms with Gasteiger partial charge in [-0.15, -0.1) is 0 Å². The third kappa shape index (κ3) is 1.84. The lowest BCUT2D eigenvalue weighted by Gasteiger charge is -2.03. The summed E-state index contributed by atoms with van der Waals surface area (Å²) < 4.78 is 4.77. The fourth-order valence-corrected chi connectivity index (χ4v) is 2.15. The van der Waals surface area contributed by atoms with Crippen molar-refractivity contribution in [2.75, 3.05) is 6.61 Å². The minimum atomic E-state index is -0.416. The zero-order valence-electron chi connectivity index (χ0n) is 9.72. The summed E-state index contributed by atoms with van der Waals surface area (Å²) in [5, 5.41) is 11.9. The summed E-state index contributed by atoms with van der Waals surface area (Å²) in [5.41, 5.74) is 1.36. The van der Waals surface area contributed by atoms with Gasteiger partial charge in [-0.2, -0.15) is 0 Å². The predicted molar refractivity (Wildman–Crippen MR) is 68.3 cm³/mol. The van der Waals surface area contributed by atoms with Crippen LogP contribution in [0, 0.1) is 0 Å². The maximum Gasteiger partial charge on any atom is 0.338 e. The standard InChI is InChI=1S/C15H12O3/c16-14-9-18-15(17)13(14)8-10-5-6-11-3-1-2-4-12(11)7-10/h1-7,16H,8-9H2. The number of fused-ring (bicyclic) bond motifs is 1. The van der Waals surface area contributed by atoms with E-state index in [0.29, 0.717) is 12.0 Å². The highest BCUT2D eigenvalue weighted by Gasteiger charge is 2.24. The van der Waals surface area contributed by atoms with Gasteiger partial charge in [-0.1, -0.05) is 42.5 Å². The Balaban J connectivity index is 1.96. The fourth-order valence-electron chi connectivity index (χ4n) is 2.15. The van der Waals surface area contributed by atoms with Gasteiger partial charge in [0.2, 0.25) is 0 Å². The van der Waals surface area contributed by atoms with E-state index in [1.54, 1.807) is 0 Å². The molecule has 90 valence electrons. The molecule has 0 aliphatic carbocycles. The van der Waals surface area contributed by atoms with E-state index < -0.39 is 5.97 Å². The van der Waals surface area contributed by atoms with Crippen molar-refractivity contribution in [2.24, 2.45) is 0 Å². The first kappa shape index (κ1) is 10.8. The van der Waals surface area contributed by atoms with Crippen molar-refractivity contribution in [3.8, 4) is 0 Å². The normalized spacial score (nSPS) is 15.2. The minimum absolute atomic E-state index is 0.00173. The van der Waals surface area contributed by atoms with Crippen LogP contribution in [0.25, 0.3) is 10.8 Å². The number of cyclic esters (lactones) is 1. The summed E-state index contributed by atoms with van der Waals surface area (Å²) in [5.74, 6) is -0.367. The van der Waals surface area contributed by atoms with E-state index >= 15 is 0 Å². The Morgan fingerprint density at radius 1 is 1.11 bits per heavy atom. The SMILES string of the molecule is O=C1OCC(O)=C1Cc1ccc2ccccc2c1. The summed E-state index contributed by atoms with van der Waals surface area (Å²) in [6, 6.07) is 14.1. The van der Waals surface area contributed by atoms with Crippen molar-refractivity contribution in [1.29, 1.82) is 0 Å². The van der Waals surface area contributed by atoms with E-state index in [1.165, 1.54) is 0 Å². The molecule has 0 fully saturated rings. The van der Waals surface area contributed by atoms with E-state index in [1.807, 2.05) is 42.5 Å². The molecule has 0 amide bonds. The number of hydrogen-bond donors (Lipinski definition) is 1. The molecule has 1 heterocycles. The molecule has 0 atom stereocenters. The lowest BCUT2D eigenvalue weighted by molar-refractivity contribution is -0.136. The Kier molecular flexibility index (Phi) is 2.52. The van der Waals surface area contributed by atoms with Crippen LogP contribution in [0.2, 0.25) is 0 Å². The predicted octanol–water partition coefficient (Wildman–Crippen LogP) is 2.75. The zero-order chi connectivity index (χ0) is 12.5. The number of aliphatic hydroxyl groups excluding tert-OH is 1. The van der Waals surface area contributed by atoms with Crippen LogP contribution in [-0.2, 0) is 16.0 Å². The minimum Gasteiger partial charge on any atom is -0.508 e. The quantitative estimate of drug-likeness (QED) is 0.821. The number of carbonyl (C=O) groups is 1. The molecular formula is C15H12O3. The molecule has 1 N–H and O–H groups in total. The molecule has 0 saturated carbocycles. The Morgan fingerprint density at radius 2 is 1.89 bits per heavy atom. The molecule has 0 bridgehead atoms. The van der Waals surface area contributed by atoms with Crippen LogP contribution >= 0.6 is 0 Å². The molecule has 1 aliphatic rings. The van der Waals surface area contributed by atoms with E-state index in [4.69, 9.17) is 4.74 Å². The number of benzene rings is 2. The molecule has 0 saturated heterocycles. The Bertz CT molecular complexity index is 656. The van der Waals surface area contributed by atoms with Crippen LogP contribution in [0.1, 0.15) is 5.56 Å². The van der Waals surface area contributed by atoms with Gasteiger partial charge >= 0.3 is 5.97 Å². The second-order valence-corrected chi connectivity index (χ2v) is 4.36. The molecule has 2 aromatic rings. The fraction of sp³-hybridized carbons (Fsp3) is 0.133. The molecule has 0 radical (unpaired) electrons. The molecule has 0 unspecified atom stereocenters. The van der Waals surface area contributed by atoms with Crippen molar-refractivity contribution >= 4 is 16.7 Å². The number of hydrogen-bond acceptors (Lipinski definition) is 3. The topological polar surface area (TPSA) is 46.5 Å². The first-order valence-corrected chi connectivity index (χ1v) is 5.80. The molecule has 3 rings (SSSR count). The van der Waals surface area contributed by atoms with Gasteiger partial charge in [-0.25, -0.2) is 4.79 Å². The second-order valence-electron chi connectivity index (χ2n) is 4.36. The van der Waals surface area contributed by atoms with Crippen molar-refractivity contribution < 1.29 is 14.6 Å². The highest BCUT2D eigenvalue weighted by Crippen LogP contribution is 2.21. The third-order valence-corrected chi connectivity index (χ3v) is 3.13. The molecule has 2 aromatic carbocycles. The van der Waals surface area contributed by atoms with Gasteiger partial charge in [0.1, 0.15) is 12.4 Å². The van der Waals surface area contributed by atoms with Crippen LogP contribution in [-0.4, -0.2) is 17.7 Å². The monoisotopic (exact) mass is 240 g/mol. The zero-order valence-corrected chi connectivity index (χ0v) is 9.72. The van der Waals surface area contributed by atoms with Crippen LogP contribution in [0.4, 0.5) is 0 Å². The lowest BCUT2D eigenvalue weighted by Crippen LogP contribution is -2.02. The van der Waals surface area contributed by atoms with Crippen molar-refractivity contribution in [3.05, 3.63) is 59.4 Å². The molecule has 0 spiro atoms. The first-order chi connectivity index (χ1) is 8.74. The molecule has 1 aliphatic heterocycles. The van der Waals surface area contributed by atoms with Crippen LogP contribution in [0.3, 0.4) is 0 Å². The van der Waals surface area contributed by atoms with E-state index in [-0.39, 0.29) is 12.4 Å². The molecule has 0 aromatic heterocycles. The Morgan fingerprint density at radius 3 is 2.61 bits per heavy atom. The number of carbonyl (C=O) groups excluding carboxylic acids is 1. The average molecular weight is 240 g/mol. The van der Waals surface area contributed by atoms with Gasteiger partial charge in [-0.3, -0.25) is 0 Å². The second kappa shape index (κ2) is 4.18. The van der Waals surface area contributed by atoms with Crippen LogP contribution in [0.5, 0.6) is 0 Å². The van der Waals surface area contributed by atoms with Gasteiger partial charge in [0.25, 0.3) is 0 Å². The first-order valence-electron chi connectivity index (χ1n) is 5.80. The summed E-state index contributed by atoms with van der Waals surface area (Å²) in [6.07, 6.45) is 0.412. The molecular weight excluding hydrogens is 228 g/mol. The van der Waals surface area contributed by atoms with Crippen LogP contribution < -0.4 is 0 Å². The Hall–Kier alpha value is -2.29. The number of esters is 1. The molecule has 3 heteroatoms. The number of ether oxygens (including phenoxy) is 1. The summed E-state index contributed by atoms with van der Waals surface area (Å²) in [4.78, 5) is 11.4. The lowest BCUT2D eigenvalue weighted by atomic mass is 10.0. The summed E-state index contributed by atoms with van der Waals surface area (Å²) >= 11 is 0. The number of rotatable bonds is 2. The molecule has 3 nitrogen and oxygen atoms in total. The van der Waals surface area contributed by atoms with Crippen molar-refractivity contribution in [3.63, 3.8) is 0 Å². The van der Waals surface area contributed by atoms with Gasteiger partial charge in [0, 0.05) is 6.42 Å². The average Bonchev–Trinajstić information content (AvgIpc) is 2.70. The van der Waals surface area contributed by atoms with E-state index in [0.717, 1.165) is 16.3 Å². The van der Waals surface area contributed by atoms with E-state index in [2.05, 4.69) is 0 Å². The summed E-state index contributed by atoms with van der Waals surface area (Å²) in [6.45, 7) is 0.00173. The summed E-state index contributed by atoms with van der Waals surface area (Å²) in [7, 11) is 0. The molecule has 18 heavy (non-hydrogen) atoms. The Labute approximate surface area is 104 Å². The van der Waals surface area contributed by atoms with E-state index in [9.17, 15) is 9.90 Å². The third-order valence-electron chi connectivity index (χ3n) is 3.13. The smallest absolute Gasteiger partial charge is 0.338 e. The van der Waals surface area contributed by atoms with Crippen molar-refractivity contribution in [1.82, 2.24) is 0 Å². The number of aliphatic hydroxyl groups is 1. The largest absolute Gasteiger partial charge is 0.508 e. The van der Waals surface area contributed by atoms with Gasteiger partial charge in [0.05, 0.1) is 5.57 Å². The van der Waals surface area contributed by atoms with Gasteiger partial charge < -0.3 is 9.84 Å². The van der Waals surface area contributed by atoms with Gasteiger partial charge in [0.15, 0.2) is 0 Å². The van der Waals surface area contributed by atoms with Crippen LogP contribution in [0.15, 0.2) is 53.8 Å². The maximum absolute atomic E-state index is 11.4. The highest BCUT2D eigenvalue weighted by atomic mass is 16.5. The maximum atomic E-state index is 11.4.